The second-order valence-electron chi connectivity index (χ2n) is 4.96. The molecule has 112 valence electrons. The molecule has 3 nitrogen and oxygen atoms in total. The van der Waals surface area contributed by atoms with E-state index in [4.69, 9.17) is 4.74 Å². The molecule has 2 aromatic rings. The molecule has 2 aromatic carbocycles. The smallest absolute Gasteiger partial charge is 0.250 e. The van der Waals surface area contributed by atoms with Crippen LogP contribution in [-0.4, -0.2) is 13.0 Å². The Morgan fingerprint density at radius 1 is 1.00 bits per heavy atom. The van der Waals surface area contributed by atoms with Gasteiger partial charge in [-0.15, -0.1) is 0 Å². The van der Waals surface area contributed by atoms with Gasteiger partial charge in [-0.1, -0.05) is 43.0 Å². The van der Waals surface area contributed by atoms with E-state index >= 15 is 0 Å². The average Bonchev–Trinajstić information content (AvgIpc) is 2.54. The largest absolute Gasteiger partial charge is 0.497 e. The molecule has 22 heavy (non-hydrogen) atoms. The first-order valence-corrected chi connectivity index (χ1v) is 6.97. The highest BCUT2D eigenvalue weighted by atomic mass is 16.5. The monoisotopic (exact) mass is 293 g/mol. The predicted octanol–water partition coefficient (Wildman–Crippen LogP) is 4.38. The molecule has 0 aromatic heterocycles. The van der Waals surface area contributed by atoms with Gasteiger partial charge in [-0.2, -0.15) is 0 Å². The number of hydrogen-bond donors (Lipinski definition) is 1. The predicted molar refractivity (Wildman–Crippen MR) is 91.8 cm³/mol. The van der Waals surface area contributed by atoms with Crippen molar-refractivity contribution in [2.24, 2.45) is 0 Å². The number of methoxy groups -OCH3 is 1. The van der Waals surface area contributed by atoms with E-state index in [1.54, 1.807) is 14.0 Å². The fraction of sp³-hybridized carbons (Fsp3) is 0.105. The molecule has 0 saturated carbocycles. The molecule has 1 amide bonds. The fourth-order valence-corrected chi connectivity index (χ4v) is 1.82. The summed E-state index contributed by atoms with van der Waals surface area (Å²) >= 11 is 0. The minimum Gasteiger partial charge on any atom is -0.497 e. The summed E-state index contributed by atoms with van der Waals surface area (Å²) in [4.78, 5) is 11.5. The van der Waals surface area contributed by atoms with Gasteiger partial charge in [0.25, 0.3) is 5.91 Å². The minimum atomic E-state index is -0.165. The topological polar surface area (TPSA) is 38.3 Å². The summed E-state index contributed by atoms with van der Waals surface area (Å²) in [6, 6.07) is 15.5. The lowest BCUT2D eigenvalue weighted by molar-refractivity contribution is -0.112. The maximum Gasteiger partial charge on any atom is 0.250 e. The zero-order chi connectivity index (χ0) is 15.9. The van der Waals surface area contributed by atoms with Gasteiger partial charge in [0.1, 0.15) is 5.75 Å². The lowest BCUT2D eigenvalue weighted by Crippen LogP contribution is -2.11. The van der Waals surface area contributed by atoms with Gasteiger partial charge in [0.15, 0.2) is 0 Å². The van der Waals surface area contributed by atoms with Crippen LogP contribution in [0.25, 0.3) is 12.2 Å². The van der Waals surface area contributed by atoms with Crippen molar-refractivity contribution < 1.29 is 9.53 Å². The third-order valence-corrected chi connectivity index (χ3v) is 3.14. The van der Waals surface area contributed by atoms with Gasteiger partial charge in [0.05, 0.1) is 7.11 Å². The molecule has 0 saturated heterocycles. The van der Waals surface area contributed by atoms with Gasteiger partial charge in [0.2, 0.25) is 0 Å². The summed E-state index contributed by atoms with van der Waals surface area (Å²) < 4.78 is 5.13. The molecule has 0 heterocycles. The second kappa shape index (κ2) is 7.27. The summed E-state index contributed by atoms with van der Waals surface area (Å²) in [7, 11) is 1.65. The van der Waals surface area contributed by atoms with Crippen LogP contribution in [0.4, 0.5) is 5.69 Å². The molecule has 1 N–H and O–H groups in total. The highest BCUT2D eigenvalue weighted by molar-refractivity contribution is 6.02. The standard InChI is InChI=1S/C19H19NO2/c1-14(2)19(21)20-17-10-6-15(7-11-17)4-5-16-8-12-18(22-3)13-9-16/h4-13H,1H2,2-3H3,(H,20,21). The molecule has 0 unspecified atom stereocenters. The highest BCUT2D eigenvalue weighted by Gasteiger charge is 2.01. The van der Waals surface area contributed by atoms with E-state index < -0.39 is 0 Å². The normalized spacial score (nSPS) is 10.5. The molecule has 0 aliphatic carbocycles. The number of amides is 1. The van der Waals surface area contributed by atoms with Gasteiger partial charge in [-0.25, -0.2) is 0 Å². The Morgan fingerprint density at radius 3 is 1.95 bits per heavy atom. The van der Waals surface area contributed by atoms with Crippen molar-refractivity contribution in [1.29, 1.82) is 0 Å². The molecule has 0 fully saturated rings. The first kappa shape index (κ1) is 15.6. The Labute approximate surface area is 130 Å². The Bertz CT molecular complexity index is 682. The van der Waals surface area contributed by atoms with Crippen molar-refractivity contribution >= 4 is 23.7 Å². The van der Waals surface area contributed by atoms with Crippen molar-refractivity contribution in [1.82, 2.24) is 0 Å². The van der Waals surface area contributed by atoms with Crippen molar-refractivity contribution in [3.8, 4) is 5.75 Å². The average molecular weight is 293 g/mol. The third kappa shape index (κ3) is 4.35. The van der Waals surface area contributed by atoms with Gasteiger partial charge in [-0.3, -0.25) is 4.79 Å². The molecular weight excluding hydrogens is 274 g/mol. The molecule has 0 radical (unpaired) electrons. The van der Waals surface area contributed by atoms with Crippen LogP contribution in [0.2, 0.25) is 0 Å². The Balaban J connectivity index is 2.02. The molecule has 0 aliphatic rings. The first-order chi connectivity index (χ1) is 10.6. The SMILES string of the molecule is C=C(C)C(=O)Nc1ccc(C=Cc2ccc(OC)cc2)cc1. The van der Waals surface area contributed by atoms with Gasteiger partial charge in [0, 0.05) is 11.3 Å². The van der Waals surface area contributed by atoms with Crippen LogP contribution in [0.1, 0.15) is 18.1 Å². The van der Waals surface area contributed by atoms with Crippen LogP contribution < -0.4 is 10.1 Å². The molecule has 0 aliphatic heterocycles. The van der Waals surface area contributed by atoms with Gasteiger partial charge in [-0.05, 0) is 42.3 Å². The zero-order valence-corrected chi connectivity index (χ0v) is 12.8. The Hall–Kier alpha value is -2.81. The van der Waals surface area contributed by atoms with Crippen LogP contribution in [0.5, 0.6) is 5.75 Å². The van der Waals surface area contributed by atoms with Crippen molar-refractivity contribution in [3.63, 3.8) is 0 Å². The van der Waals surface area contributed by atoms with Gasteiger partial charge < -0.3 is 10.1 Å². The maximum absolute atomic E-state index is 11.5. The maximum atomic E-state index is 11.5. The fourth-order valence-electron chi connectivity index (χ4n) is 1.82. The minimum absolute atomic E-state index is 0.165. The van der Waals surface area contributed by atoms with E-state index in [2.05, 4.69) is 11.9 Å². The number of rotatable bonds is 5. The Kier molecular flexibility index (Phi) is 5.15. The number of carbonyl (C=O) groups excluding carboxylic acids is 1. The van der Waals surface area contributed by atoms with Crippen molar-refractivity contribution in [2.45, 2.75) is 6.92 Å². The summed E-state index contributed by atoms with van der Waals surface area (Å²) in [5.41, 5.74) is 3.41. The van der Waals surface area contributed by atoms with E-state index in [9.17, 15) is 4.79 Å². The number of carbonyl (C=O) groups is 1. The van der Waals surface area contributed by atoms with Crippen molar-refractivity contribution in [2.75, 3.05) is 12.4 Å². The van der Waals surface area contributed by atoms with E-state index in [0.29, 0.717) is 5.57 Å². The van der Waals surface area contributed by atoms with Crippen LogP contribution in [0, 0.1) is 0 Å². The number of nitrogens with one attached hydrogen (secondary N) is 1. The second-order valence-corrected chi connectivity index (χ2v) is 4.96. The molecule has 0 atom stereocenters. The van der Waals surface area contributed by atoms with Crippen molar-refractivity contribution in [3.05, 3.63) is 71.8 Å². The summed E-state index contributed by atoms with van der Waals surface area (Å²) in [5, 5.41) is 2.78. The summed E-state index contributed by atoms with van der Waals surface area (Å²) in [6.07, 6.45) is 4.05. The van der Waals surface area contributed by atoms with E-state index in [1.807, 2.05) is 60.7 Å². The Morgan fingerprint density at radius 2 is 1.50 bits per heavy atom. The quantitative estimate of drug-likeness (QED) is 0.656. The van der Waals surface area contributed by atoms with E-state index in [1.165, 1.54) is 0 Å². The summed E-state index contributed by atoms with van der Waals surface area (Å²) in [5.74, 6) is 0.677. The highest BCUT2D eigenvalue weighted by Crippen LogP contribution is 2.15. The molecule has 2 rings (SSSR count). The molecular formula is C19H19NO2. The number of hydrogen-bond acceptors (Lipinski definition) is 2. The van der Waals surface area contributed by atoms with Crippen LogP contribution >= 0.6 is 0 Å². The first-order valence-electron chi connectivity index (χ1n) is 6.97. The lowest BCUT2D eigenvalue weighted by atomic mass is 10.1. The molecule has 0 spiro atoms. The molecule has 0 bridgehead atoms. The van der Waals surface area contributed by atoms with Gasteiger partial charge >= 0.3 is 0 Å². The number of benzene rings is 2. The number of anilines is 1. The third-order valence-electron chi connectivity index (χ3n) is 3.14. The lowest BCUT2D eigenvalue weighted by Gasteiger charge is -2.04. The molecule has 3 heteroatoms. The number of ether oxygens (including phenoxy) is 1. The van der Waals surface area contributed by atoms with Crippen LogP contribution in [-0.2, 0) is 4.79 Å². The van der Waals surface area contributed by atoms with E-state index in [0.717, 1.165) is 22.6 Å². The van der Waals surface area contributed by atoms with Crippen LogP contribution in [0.15, 0.2) is 60.7 Å². The van der Waals surface area contributed by atoms with E-state index in [-0.39, 0.29) is 5.91 Å². The summed E-state index contributed by atoms with van der Waals surface area (Å²) in [6.45, 7) is 5.29. The zero-order valence-electron chi connectivity index (χ0n) is 12.8. The van der Waals surface area contributed by atoms with Crippen LogP contribution in [0.3, 0.4) is 0 Å².